The van der Waals surface area contributed by atoms with Gasteiger partial charge in [0.05, 0.1) is 5.70 Å². The lowest BCUT2D eigenvalue weighted by molar-refractivity contribution is 1.02. The highest BCUT2D eigenvalue weighted by molar-refractivity contribution is 5.84. The van der Waals surface area contributed by atoms with Crippen LogP contribution in [-0.4, -0.2) is 6.21 Å². The Hall–Kier alpha value is -3.71. The third-order valence-electron chi connectivity index (χ3n) is 5.34. The van der Waals surface area contributed by atoms with E-state index >= 15 is 0 Å². The molecular weight excluding hydrogens is 374 g/mol. The number of aliphatic imine (C=N–C) groups is 1. The summed E-state index contributed by atoms with van der Waals surface area (Å²) in [5.41, 5.74) is 8.91. The van der Waals surface area contributed by atoms with Crippen molar-refractivity contribution >= 4 is 11.8 Å². The lowest BCUT2D eigenvalue weighted by Gasteiger charge is -2.10. The Bertz CT molecular complexity index is 1190. The van der Waals surface area contributed by atoms with Gasteiger partial charge in [0, 0.05) is 6.21 Å². The van der Waals surface area contributed by atoms with Crippen LogP contribution in [0.2, 0.25) is 0 Å². The van der Waals surface area contributed by atoms with Crippen LogP contribution < -0.4 is 0 Å². The van der Waals surface area contributed by atoms with Crippen molar-refractivity contribution in [2.24, 2.45) is 4.99 Å². The summed E-state index contributed by atoms with van der Waals surface area (Å²) in [5, 5.41) is 0. The topological polar surface area (TPSA) is 12.4 Å². The molecule has 0 aliphatic heterocycles. The molecule has 0 fully saturated rings. The summed E-state index contributed by atoms with van der Waals surface area (Å²) >= 11 is 0. The number of aryl methyl sites for hydroxylation is 1. The minimum absolute atomic E-state index is 0.936. The molecule has 0 N–H and O–H groups in total. The van der Waals surface area contributed by atoms with E-state index in [4.69, 9.17) is 4.99 Å². The molecule has 0 atom stereocenters. The van der Waals surface area contributed by atoms with E-state index in [0.717, 1.165) is 40.8 Å². The number of hydrogen-bond donors (Lipinski definition) is 0. The predicted octanol–water partition coefficient (Wildman–Crippen LogP) is 7.95. The fraction of sp³-hybridized carbons (Fsp3) is 0.100. The van der Waals surface area contributed by atoms with Crippen LogP contribution in [0.1, 0.15) is 29.5 Å². The van der Waals surface area contributed by atoms with Crippen molar-refractivity contribution in [1.29, 1.82) is 0 Å². The van der Waals surface area contributed by atoms with E-state index in [2.05, 4.69) is 98.5 Å². The SMILES string of the molecule is C=C(/C=C(\N=Cc1cccc(-c2cccc(C)c2)c1)C1=CCCC=C1)c1ccccc1. The number of hydrogen-bond acceptors (Lipinski definition) is 1. The second-order valence-electron chi connectivity index (χ2n) is 7.81. The number of benzene rings is 3. The summed E-state index contributed by atoms with van der Waals surface area (Å²) in [6.45, 7) is 6.40. The third kappa shape index (κ3) is 5.46. The molecule has 1 aliphatic rings. The summed E-state index contributed by atoms with van der Waals surface area (Å²) in [4.78, 5) is 4.89. The van der Waals surface area contributed by atoms with E-state index in [-0.39, 0.29) is 0 Å². The number of nitrogens with zero attached hydrogens (tertiary/aromatic N) is 1. The first kappa shape index (κ1) is 20.6. The zero-order valence-corrected chi connectivity index (χ0v) is 18.0. The van der Waals surface area contributed by atoms with E-state index in [9.17, 15) is 0 Å². The van der Waals surface area contributed by atoms with Crippen LogP contribution in [0.4, 0.5) is 0 Å². The van der Waals surface area contributed by atoms with Gasteiger partial charge in [-0.3, -0.25) is 4.99 Å². The second kappa shape index (κ2) is 9.86. The Labute approximate surface area is 185 Å². The molecule has 3 aromatic rings. The van der Waals surface area contributed by atoms with Crippen LogP contribution in [-0.2, 0) is 0 Å². The van der Waals surface area contributed by atoms with Crippen molar-refractivity contribution in [3.8, 4) is 11.1 Å². The van der Waals surface area contributed by atoms with Gasteiger partial charge in [0.1, 0.15) is 0 Å². The van der Waals surface area contributed by atoms with Gasteiger partial charge in [0.15, 0.2) is 0 Å². The highest BCUT2D eigenvalue weighted by atomic mass is 14.7. The molecule has 4 rings (SSSR count). The van der Waals surface area contributed by atoms with Crippen LogP contribution in [0.5, 0.6) is 0 Å². The summed E-state index contributed by atoms with van der Waals surface area (Å²) in [5.74, 6) is 0. The zero-order chi connectivity index (χ0) is 21.5. The molecule has 0 radical (unpaired) electrons. The molecule has 0 saturated heterocycles. The second-order valence-corrected chi connectivity index (χ2v) is 7.81. The summed E-state index contributed by atoms with van der Waals surface area (Å²) in [7, 11) is 0. The van der Waals surface area contributed by atoms with E-state index in [1.807, 2.05) is 24.4 Å². The molecule has 1 aliphatic carbocycles. The maximum Gasteiger partial charge on any atom is 0.0704 e. The first-order chi connectivity index (χ1) is 15.2. The monoisotopic (exact) mass is 401 g/mol. The van der Waals surface area contributed by atoms with Crippen molar-refractivity contribution in [2.45, 2.75) is 19.8 Å². The van der Waals surface area contributed by atoms with Gasteiger partial charge < -0.3 is 0 Å². The van der Waals surface area contributed by atoms with Gasteiger partial charge in [-0.2, -0.15) is 0 Å². The van der Waals surface area contributed by atoms with Crippen LogP contribution in [0.25, 0.3) is 16.7 Å². The van der Waals surface area contributed by atoms with Crippen molar-refractivity contribution in [3.63, 3.8) is 0 Å². The average Bonchev–Trinajstić information content (AvgIpc) is 2.83. The van der Waals surface area contributed by atoms with Gasteiger partial charge in [-0.05, 0) is 65.3 Å². The van der Waals surface area contributed by atoms with Crippen LogP contribution in [0.3, 0.4) is 0 Å². The fourth-order valence-electron chi connectivity index (χ4n) is 3.67. The number of rotatable bonds is 6. The highest BCUT2D eigenvalue weighted by Crippen LogP contribution is 2.25. The number of allylic oxidation sites excluding steroid dienone is 5. The maximum atomic E-state index is 4.89. The van der Waals surface area contributed by atoms with Crippen molar-refractivity contribution < 1.29 is 0 Å². The molecule has 0 spiro atoms. The Balaban J connectivity index is 1.65. The normalized spacial score (nSPS) is 14.0. The molecule has 152 valence electrons. The zero-order valence-electron chi connectivity index (χ0n) is 18.0. The van der Waals surface area contributed by atoms with Crippen molar-refractivity contribution in [1.82, 2.24) is 0 Å². The standard InChI is InChI=1S/C30H27N/c1-23-11-9-17-28(19-23)29-18-10-12-25(21-29)22-31-30(27-15-7-4-8-16-27)20-24(2)26-13-5-3-6-14-26/h3,5-7,9-22H,2,4,8H2,1H3/b30-20-,31-22?. The van der Waals surface area contributed by atoms with Gasteiger partial charge in [-0.1, -0.05) is 103 Å². The summed E-state index contributed by atoms with van der Waals surface area (Å²) in [6, 6.07) is 27.4. The van der Waals surface area contributed by atoms with Gasteiger partial charge >= 0.3 is 0 Å². The molecular formula is C30H27N. The average molecular weight is 402 g/mol. The van der Waals surface area contributed by atoms with Gasteiger partial charge in [0.25, 0.3) is 0 Å². The first-order valence-corrected chi connectivity index (χ1v) is 10.7. The molecule has 1 nitrogen and oxygen atoms in total. The van der Waals surface area contributed by atoms with Crippen LogP contribution >= 0.6 is 0 Å². The first-order valence-electron chi connectivity index (χ1n) is 10.7. The Kier molecular flexibility index (Phi) is 6.54. The van der Waals surface area contributed by atoms with E-state index in [0.29, 0.717) is 0 Å². The van der Waals surface area contributed by atoms with E-state index in [1.165, 1.54) is 16.7 Å². The molecule has 3 aromatic carbocycles. The fourth-order valence-corrected chi connectivity index (χ4v) is 3.67. The molecule has 31 heavy (non-hydrogen) atoms. The van der Waals surface area contributed by atoms with Crippen LogP contribution in [0, 0.1) is 6.92 Å². The summed E-state index contributed by atoms with van der Waals surface area (Å²) in [6.07, 6.45) is 12.8. The molecule has 1 heteroatoms. The smallest absolute Gasteiger partial charge is 0.0704 e. The van der Waals surface area contributed by atoms with Gasteiger partial charge in [0.2, 0.25) is 0 Å². The molecule has 0 unspecified atom stereocenters. The van der Waals surface area contributed by atoms with Crippen molar-refractivity contribution in [2.75, 3.05) is 0 Å². The highest BCUT2D eigenvalue weighted by Gasteiger charge is 2.06. The minimum atomic E-state index is 0.936. The molecule has 0 aromatic heterocycles. The Morgan fingerprint density at radius 1 is 0.871 bits per heavy atom. The molecule has 0 bridgehead atoms. The maximum absolute atomic E-state index is 4.89. The quantitative estimate of drug-likeness (QED) is 0.293. The van der Waals surface area contributed by atoms with Gasteiger partial charge in [-0.25, -0.2) is 0 Å². The Morgan fingerprint density at radius 3 is 2.39 bits per heavy atom. The molecule has 0 saturated carbocycles. The molecule has 0 amide bonds. The van der Waals surface area contributed by atoms with Crippen LogP contribution in [0.15, 0.2) is 126 Å². The van der Waals surface area contributed by atoms with E-state index in [1.54, 1.807) is 0 Å². The predicted molar refractivity (Wildman–Crippen MR) is 134 cm³/mol. The molecule has 0 heterocycles. The lowest BCUT2D eigenvalue weighted by atomic mass is 10.00. The largest absolute Gasteiger partial charge is 0.256 e. The van der Waals surface area contributed by atoms with Gasteiger partial charge in [-0.15, -0.1) is 0 Å². The third-order valence-corrected chi connectivity index (χ3v) is 5.34. The lowest BCUT2D eigenvalue weighted by Crippen LogP contribution is -1.92. The van der Waals surface area contributed by atoms with E-state index < -0.39 is 0 Å². The summed E-state index contributed by atoms with van der Waals surface area (Å²) < 4.78 is 0. The minimum Gasteiger partial charge on any atom is -0.256 e. The Morgan fingerprint density at radius 2 is 1.65 bits per heavy atom. The van der Waals surface area contributed by atoms with Crippen molar-refractivity contribution in [3.05, 3.63) is 138 Å².